The summed E-state index contributed by atoms with van der Waals surface area (Å²) in [4.78, 5) is 28.6. The van der Waals surface area contributed by atoms with Gasteiger partial charge in [-0.1, -0.05) is 18.2 Å². The molecule has 1 fully saturated rings. The molecule has 2 aliphatic heterocycles. The first kappa shape index (κ1) is 24.6. The number of aryl methyl sites for hydroxylation is 3. The monoisotopic (exact) mass is 497 g/mol. The summed E-state index contributed by atoms with van der Waals surface area (Å²) in [7, 11) is 0. The summed E-state index contributed by atoms with van der Waals surface area (Å²) in [6.07, 6.45) is 1.67. The fourth-order valence-electron chi connectivity index (χ4n) is 5.20. The number of ketones is 1. The minimum absolute atomic E-state index is 0.0428. The molecule has 0 saturated carbocycles. The van der Waals surface area contributed by atoms with Gasteiger partial charge in [0, 0.05) is 11.3 Å². The van der Waals surface area contributed by atoms with E-state index in [9.17, 15) is 14.7 Å². The zero-order valence-corrected chi connectivity index (χ0v) is 21.6. The molecule has 0 aromatic heterocycles. The van der Waals surface area contributed by atoms with Crippen LogP contribution in [0, 0.1) is 13.8 Å². The molecule has 2 aliphatic rings. The van der Waals surface area contributed by atoms with E-state index in [0.29, 0.717) is 29.2 Å². The van der Waals surface area contributed by atoms with Crippen molar-refractivity contribution in [2.24, 2.45) is 0 Å². The fourth-order valence-corrected chi connectivity index (χ4v) is 5.20. The van der Waals surface area contributed by atoms with Gasteiger partial charge in [-0.05, 0) is 105 Å². The molecule has 1 atom stereocenters. The first-order valence-corrected chi connectivity index (χ1v) is 12.6. The van der Waals surface area contributed by atoms with E-state index in [2.05, 4.69) is 0 Å². The van der Waals surface area contributed by atoms with Gasteiger partial charge >= 0.3 is 0 Å². The number of amides is 1. The van der Waals surface area contributed by atoms with E-state index in [0.717, 1.165) is 35.3 Å². The number of fused-ring (bicyclic) bond motifs is 1. The normalized spacial score (nSPS) is 18.6. The minimum atomic E-state index is -0.816. The van der Waals surface area contributed by atoms with Crippen LogP contribution in [-0.2, 0) is 16.0 Å². The molecule has 2 heterocycles. The molecule has 0 bridgehead atoms. The molecule has 0 spiro atoms. The zero-order valence-electron chi connectivity index (χ0n) is 21.6. The second-order valence-electron chi connectivity index (χ2n) is 10.0. The highest BCUT2D eigenvalue weighted by Gasteiger charge is 2.47. The van der Waals surface area contributed by atoms with Crippen LogP contribution in [-0.4, -0.2) is 29.5 Å². The first-order chi connectivity index (χ1) is 17.7. The number of aliphatic hydroxyl groups is 1. The SMILES string of the molecule is Cc1cc(C)cc(N2C(=O)C(=O)/C(=C(\O)c3ccc4c(c3)CCCO4)C2c2cccc(OC(C)C)c2)c1. The molecule has 3 aromatic rings. The summed E-state index contributed by atoms with van der Waals surface area (Å²) < 4.78 is 11.6. The average Bonchev–Trinajstić information content (AvgIpc) is 3.13. The second-order valence-corrected chi connectivity index (χ2v) is 10.0. The van der Waals surface area contributed by atoms with Crippen molar-refractivity contribution in [3.63, 3.8) is 0 Å². The Morgan fingerprint density at radius 3 is 2.51 bits per heavy atom. The highest BCUT2D eigenvalue weighted by atomic mass is 16.5. The number of aliphatic hydroxyl groups excluding tert-OH is 1. The molecule has 0 radical (unpaired) electrons. The van der Waals surface area contributed by atoms with Crippen LogP contribution in [0.5, 0.6) is 11.5 Å². The fraction of sp³-hybridized carbons (Fsp3) is 0.290. The van der Waals surface area contributed by atoms with Gasteiger partial charge < -0.3 is 14.6 Å². The molecule has 1 saturated heterocycles. The number of hydrogen-bond donors (Lipinski definition) is 1. The number of carbonyl (C=O) groups is 2. The molecule has 190 valence electrons. The van der Waals surface area contributed by atoms with Crippen molar-refractivity contribution in [3.05, 3.63) is 94.1 Å². The van der Waals surface area contributed by atoms with Crippen molar-refractivity contribution in [2.45, 2.75) is 52.7 Å². The van der Waals surface area contributed by atoms with E-state index in [1.54, 1.807) is 6.07 Å². The van der Waals surface area contributed by atoms with E-state index in [4.69, 9.17) is 9.47 Å². The van der Waals surface area contributed by atoms with Gasteiger partial charge in [0.1, 0.15) is 17.3 Å². The maximum Gasteiger partial charge on any atom is 0.300 e. The summed E-state index contributed by atoms with van der Waals surface area (Å²) >= 11 is 0. The first-order valence-electron chi connectivity index (χ1n) is 12.6. The van der Waals surface area contributed by atoms with Crippen molar-refractivity contribution in [2.75, 3.05) is 11.5 Å². The molecule has 6 nitrogen and oxygen atoms in total. The Hall–Kier alpha value is -4.06. The molecule has 0 aliphatic carbocycles. The number of anilines is 1. The van der Waals surface area contributed by atoms with Gasteiger partial charge in [-0.25, -0.2) is 0 Å². The average molecular weight is 498 g/mol. The largest absolute Gasteiger partial charge is 0.507 e. The number of ether oxygens (including phenoxy) is 2. The number of Topliss-reactive ketones (excluding diaryl/α,β-unsaturated/α-hetero) is 1. The topological polar surface area (TPSA) is 76.1 Å². The van der Waals surface area contributed by atoms with Crippen LogP contribution in [0.2, 0.25) is 0 Å². The minimum Gasteiger partial charge on any atom is -0.507 e. The van der Waals surface area contributed by atoms with Gasteiger partial charge in [-0.3, -0.25) is 14.5 Å². The van der Waals surface area contributed by atoms with E-state index >= 15 is 0 Å². The van der Waals surface area contributed by atoms with Crippen molar-refractivity contribution < 1.29 is 24.2 Å². The Kier molecular flexibility index (Phi) is 6.50. The number of rotatable bonds is 5. The van der Waals surface area contributed by atoms with E-state index in [-0.39, 0.29) is 17.4 Å². The Morgan fingerprint density at radius 2 is 1.78 bits per heavy atom. The molecule has 37 heavy (non-hydrogen) atoms. The molecular weight excluding hydrogens is 466 g/mol. The second kappa shape index (κ2) is 9.77. The third-order valence-electron chi connectivity index (χ3n) is 6.66. The van der Waals surface area contributed by atoms with Crippen molar-refractivity contribution >= 4 is 23.1 Å². The lowest BCUT2D eigenvalue weighted by Gasteiger charge is -2.26. The van der Waals surface area contributed by atoms with Crippen LogP contribution < -0.4 is 14.4 Å². The quantitative estimate of drug-likeness (QED) is 0.264. The molecule has 6 heteroatoms. The lowest BCUT2D eigenvalue weighted by Crippen LogP contribution is -2.29. The van der Waals surface area contributed by atoms with Crippen LogP contribution in [0.15, 0.2) is 66.2 Å². The van der Waals surface area contributed by atoms with Crippen molar-refractivity contribution in [3.8, 4) is 11.5 Å². The van der Waals surface area contributed by atoms with Gasteiger partial charge in [0.05, 0.1) is 24.3 Å². The number of benzene rings is 3. The molecule has 1 amide bonds. The number of nitrogens with zero attached hydrogens (tertiary/aromatic N) is 1. The van der Waals surface area contributed by atoms with Crippen LogP contribution in [0.4, 0.5) is 5.69 Å². The van der Waals surface area contributed by atoms with Gasteiger partial charge in [-0.2, -0.15) is 0 Å². The lowest BCUT2D eigenvalue weighted by atomic mass is 9.93. The number of hydrogen-bond acceptors (Lipinski definition) is 5. The Morgan fingerprint density at radius 1 is 1.03 bits per heavy atom. The van der Waals surface area contributed by atoms with E-state index in [1.807, 2.05) is 82.3 Å². The summed E-state index contributed by atoms with van der Waals surface area (Å²) in [5.74, 6) is -0.171. The summed E-state index contributed by atoms with van der Waals surface area (Å²) in [6, 6.07) is 17.7. The van der Waals surface area contributed by atoms with Crippen LogP contribution >= 0.6 is 0 Å². The standard InChI is InChI=1S/C31H31NO5/c1-18(2)37-25-9-5-7-22(17-25)28-27(29(33)23-10-11-26-21(16-23)8-6-12-36-26)30(34)31(35)32(28)24-14-19(3)13-20(4)15-24/h5,7,9-11,13-18,28,33H,6,8,12H2,1-4H3/b29-27-. The maximum absolute atomic E-state index is 13.5. The summed E-state index contributed by atoms with van der Waals surface area (Å²) in [6.45, 7) is 8.44. The molecule has 1 unspecified atom stereocenters. The third-order valence-corrected chi connectivity index (χ3v) is 6.66. The summed E-state index contributed by atoms with van der Waals surface area (Å²) in [5.41, 5.74) is 4.76. The Balaban J connectivity index is 1.70. The molecule has 5 rings (SSSR count). The molecule has 3 aromatic carbocycles. The van der Waals surface area contributed by atoms with Gasteiger partial charge in [0.2, 0.25) is 0 Å². The lowest BCUT2D eigenvalue weighted by molar-refractivity contribution is -0.132. The zero-order chi connectivity index (χ0) is 26.3. The van der Waals surface area contributed by atoms with Gasteiger partial charge in [0.15, 0.2) is 0 Å². The molecule has 1 N–H and O–H groups in total. The van der Waals surface area contributed by atoms with Crippen molar-refractivity contribution in [1.29, 1.82) is 0 Å². The van der Waals surface area contributed by atoms with Crippen molar-refractivity contribution in [1.82, 2.24) is 0 Å². The summed E-state index contributed by atoms with van der Waals surface area (Å²) in [5, 5.41) is 11.5. The Bertz CT molecular complexity index is 1400. The molecular formula is C31H31NO5. The van der Waals surface area contributed by atoms with Gasteiger partial charge in [0.25, 0.3) is 11.7 Å². The van der Waals surface area contributed by atoms with E-state index in [1.165, 1.54) is 4.90 Å². The van der Waals surface area contributed by atoms with Crippen LogP contribution in [0.1, 0.15) is 54.1 Å². The van der Waals surface area contributed by atoms with Gasteiger partial charge in [-0.15, -0.1) is 0 Å². The highest BCUT2D eigenvalue weighted by molar-refractivity contribution is 6.51. The third kappa shape index (κ3) is 4.71. The number of carbonyl (C=O) groups excluding carboxylic acids is 2. The Labute approximate surface area is 217 Å². The highest BCUT2D eigenvalue weighted by Crippen LogP contribution is 2.43. The predicted molar refractivity (Wildman–Crippen MR) is 143 cm³/mol. The predicted octanol–water partition coefficient (Wildman–Crippen LogP) is 6.04. The maximum atomic E-state index is 13.5. The van der Waals surface area contributed by atoms with Crippen LogP contribution in [0.3, 0.4) is 0 Å². The van der Waals surface area contributed by atoms with Crippen LogP contribution in [0.25, 0.3) is 5.76 Å². The van der Waals surface area contributed by atoms with E-state index < -0.39 is 17.7 Å². The smallest absolute Gasteiger partial charge is 0.300 e.